The molecule has 0 bridgehead atoms. The Morgan fingerprint density at radius 1 is 1.33 bits per heavy atom. The van der Waals surface area contributed by atoms with E-state index in [4.69, 9.17) is 4.74 Å². The Kier molecular flexibility index (Phi) is 3.46. The molecule has 0 fully saturated rings. The Bertz CT molecular complexity index is 573. The third-order valence-electron chi connectivity index (χ3n) is 2.69. The molecule has 0 aliphatic carbocycles. The molecule has 0 unspecified atom stereocenters. The van der Waals surface area contributed by atoms with Crippen LogP contribution < -0.4 is 0 Å². The van der Waals surface area contributed by atoms with Crippen molar-refractivity contribution in [1.29, 1.82) is 0 Å². The molecule has 1 aromatic carbocycles. The fourth-order valence-electron chi connectivity index (χ4n) is 1.75. The van der Waals surface area contributed by atoms with Gasteiger partial charge in [-0.05, 0) is 44.5 Å². The van der Waals surface area contributed by atoms with Crippen molar-refractivity contribution in [1.82, 2.24) is 9.78 Å². The number of aryl methyl sites for hydroxylation is 2. The van der Waals surface area contributed by atoms with Gasteiger partial charge in [0.25, 0.3) is 0 Å². The largest absolute Gasteiger partial charge is 0.462 e. The zero-order chi connectivity index (χ0) is 13.1. The topological polar surface area (TPSA) is 44.1 Å². The summed E-state index contributed by atoms with van der Waals surface area (Å²) in [6.07, 6.45) is 1.88. The summed E-state index contributed by atoms with van der Waals surface area (Å²) in [5, 5.41) is 4.35. The summed E-state index contributed by atoms with van der Waals surface area (Å²) in [4.78, 5) is 11.7. The Hall–Kier alpha value is -2.10. The van der Waals surface area contributed by atoms with Crippen LogP contribution >= 0.6 is 0 Å². The summed E-state index contributed by atoms with van der Waals surface area (Å²) in [7, 11) is 0. The standard InChI is InChI=1S/C14H16N2O2/c1-4-18-14(17)12-6-5-10(2)13(9-12)16-8-7-11(3)15-16/h5-9H,4H2,1-3H3. The number of hydrogen-bond donors (Lipinski definition) is 0. The van der Waals surface area contributed by atoms with E-state index in [0.29, 0.717) is 12.2 Å². The highest BCUT2D eigenvalue weighted by atomic mass is 16.5. The van der Waals surface area contributed by atoms with Gasteiger partial charge in [-0.25, -0.2) is 9.48 Å². The molecular weight excluding hydrogens is 228 g/mol. The average molecular weight is 244 g/mol. The third kappa shape index (κ3) is 2.42. The summed E-state index contributed by atoms with van der Waals surface area (Å²) in [5.74, 6) is -0.303. The van der Waals surface area contributed by atoms with E-state index in [1.165, 1.54) is 0 Å². The predicted molar refractivity (Wildman–Crippen MR) is 69.0 cm³/mol. The molecule has 0 saturated heterocycles. The average Bonchev–Trinajstić information content (AvgIpc) is 2.76. The lowest BCUT2D eigenvalue weighted by Crippen LogP contribution is -2.07. The first kappa shape index (κ1) is 12.4. The summed E-state index contributed by atoms with van der Waals surface area (Å²) in [6.45, 7) is 6.09. The number of carbonyl (C=O) groups excluding carboxylic acids is 1. The normalized spacial score (nSPS) is 10.4. The molecule has 0 saturated carbocycles. The van der Waals surface area contributed by atoms with Crippen molar-refractivity contribution in [2.45, 2.75) is 20.8 Å². The molecule has 0 N–H and O–H groups in total. The number of nitrogens with zero attached hydrogens (tertiary/aromatic N) is 2. The van der Waals surface area contributed by atoms with Crippen molar-refractivity contribution in [3.05, 3.63) is 47.3 Å². The number of benzene rings is 1. The third-order valence-corrected chi connectivity index (χ3v) is 2.69. The number of ether oxygens (including phenoxy) is 1. The number of rotatable bonds is 3. The molecule has 0 spiro atoms. The zero-order valence-electron chi connectivity index (χ0n) is 10.8. The Balaban J connectivity index is 2.41. The van der Waals surface area contributed by atoms with Crippen molar-refractivity contribution in [3.8, 4) is 5.69 Å². The van der Waals surface area contributed by atoms with E-state index < -0.39 is 0 Å². The molecule has 0 atom stereocenters. The fourth-order valence-corrected chi connectivity index (χ4v) is 1.75. The molecule has 18 heavy (non-hydrogen) atoms. The SMILES string of the molecule is CCOC(=O)c1ccc(C)c(-n2ccc(C)n2)c1. The predicted octanol–water partition coefficient (Wildman–Crippen LogP) is 2.67. The summed E-state index contributed by atoms with van der Waals surface area (Å²) < 4.78 is 6.77. The zero-order valence-corrected chi connectivity index (χ0v) is 10.8. The molecule has 1 heterocycles. The molecule has 0 radical (unpaired) electrons. The van der Waals surface area contributed by atoms with Gasteiger partial charge in [0.2, 0.25) is 0 Å². The van der Waals surface area contributed by atoms with E-state index in [2.05, 4.69) is 5.10 Å². The maximum absolute atomic E-state index is 11.7. The first-order valence-electron chi connectivity index (χ1n) is 5.92. The highest BCUT2D eigenvalue weighted by Gasteiger charge is 2.10. The van der Waals surface area contributed by atoms with E-state index in [-0.39, 0.29) is 5.97 Å². The maximum atomic E-state index is 11.7. The van der Waals surface area contributed by atoms with Crippen molar-refractivity contribution in [2.24, 2.45) is 0 Å². The number of carbonyl (C=O) groups is 1. The van der Waals surface area contributed by atoms with Crippen molar-refractivity contribution in [2.75, 3.05) is 6.61 Å². The summed E-state index contributed by atoms with van der Waals surface area (Å²) >= 11 is 0. The van der Waals surface area contributed by atoms with Gasteiger partial charge in [-0.2, -0.15) is 5.10 Å². The van der Waals surface area contributed by atoms with Crippen LogP contribution in [0.4, 0.5) is 0 Å². The molecule has 0 aliphatic heterocycles. The molecule has 0 amide bonds. The Labute approximate surface area is 106 Å². The van der Waals surface area contributed by atoms with Crippen LogP contribution in [0.25, 0.3) is 5.69 Å². The van der Waals surface area contributed by atoms with Crippen LogP contribution in [0.15, 0.2) is 30.5 Å². The van der Waals surface area contributed by atoms with E-state index in [1.807, 2.05) is 32.2 Å². The second-order valence-corrected chi connectivity index (χ2v) is 4.12. The van der Waals surface area contributed by atoms with Gasteiger partial charge in [0.15, 0.2) is 0 Å². The van der Waals surface area contributed by atoms with Crippen molar-refractivity contribution >= 4 is 5.97 Å². The molecular formula is C14H16N2O2. The minimum absolute atomic E-state index is 0.303. The minimum Gasteiger partial charge on any atom is -0.462 e. The van der Waals surface area contributed by atoms with E-state index in [1.54, 1.807) is 23.7 Å². The van der Waals surface area contributed by atoms with Gasteiger partial charge in [0, 0.05) is 6.20 Å². The Morgan fingerprint density at radius 2 is 2.11 bits per heavy atom. The van der Waals surface area contributed by atoms with Crippen LogP contribution in [0.5, 0.6) is 0 Å². The highest BCUT2D eigenvalue weighted by Crippen LogP contribution is 2.16. The van der Waals surface area contributed by atoms with Gasteiger partial charge >= 0.3 is 5.97 Å². The van der Waals surface area contributed by atoms with Crippen LogP contribution in [-0.4, -0.2) is 22.4 Å². The second kappa shape index (κ2) is 5.04. The lowest BCUT2D eigenvalue weighted by atomic mass is 10.1. The molecule has 1 aromatic heterocycles. The second-order valence-electron chi connectivity index (χ2n) is 4.12. The fraction of sp³-hybridized carbons (Fsp3) is 0.286. The molecule has 4 heteroatoms. The van der Waals surface area contributed by atoms with E-state index in [0.717, 1.165) is 16.9 Å². The van der Waals surface area contributed by atoms with Gasteiger partial charge in [-0.15, -0.1) is 0 Å². The molecule has 0 aliphatic rings. The highest BCUT2D eigenvalue weighted by molar-refractivity contribution is 5.90. The summed E-state index contributed by atoms with van der Waals surface area (Å²) in [5.41, 5.74) is 3.45. The molecule has 2 rings (SSSR count). The van der Waals surface area contributed by atoms with Gasteiger partial charge in [-0.1, -0.05) is 6.07 Å². The molecule has 4 nitrogen and oxygen atoms in total. The van der Waals surface area contributed by atoms with Crippen LogP contribution in [0.2, 0.25) is 0 Å². The summed E-state index contributed by atoms with van der Waals surface area (Å²) in [6, 6.07) is 7.40. The van der Waals surface area contributed by atoms with Gasteiger partial charge in [0.05, 0.1) is 23.6 Å². The van der Waals surface area contributed by atoms with Gasteiger partial charge in [-0.3, -0.25) is 0 Å². The van der Waals surface area contributed by atoms with Crippen LogP contribution in [0, 0.1) is 13.8 Å². The van der Waals surface area contributed by atoms with Gasteiger partial charge in [0.1, 0.15) is 0 Å². The number of aromatic nitrogens is 2. The quantitative estimate of drug-likeness (QED) is 0.780. The van der Waals surface area contributed by atoms with Crippen LogP contribution in [-0.2, 0) is 4.74 Å². The van der Waals surface area contributed by atoms with Crippen LogP contribution in [0.1, 0.15) is 28.5 Å². The van der Waals surface area contributed by atoms with E-state index >= 15 is 0 Å². The molecule has 2 aromatic rings. The first-order valence-corrected chi connectivity index (χ1v) is 5.92. The van der Waals surface area contributed by atoms with E-state index in [9.17, 15) is 4.79 Å². The van der Waals surface area contributed by atoms with Crippen molar-refractivity contribution in [3.63, 3.8) is 0 Å². The minimum atomic E-state index is -0.303. The Morgan fingerprint density at radius 3 is 2.72 bits per heavy atom. The lowest BCUT2D eigenvalue weighted by molar-refractivity contribution is 0.0526. The van der Waals surface area contributed by atoms with Crippen LogP contribution in [0.3, 0.4) is 0 Å². The number of esters is 1. The first-order chi connectivity index (χ1) is 8.61. The monoisotopic (exact) mass is 244 g/mol. The smallest absolute Gasteiger partial charge is 0.338 e. The number of hydrogen-bond acceptors (Lipinski definition) is 3. The molecule has 94 valence electrons. The van der Waals surface area contributed by atoms with Crippen molar-refractivity contribution < 1.29 is 9.53 Å². The van der Waals surface area contributed by atoms with Gasteiger partial charge < -0.3 is 4.74 Å². The maximum Gasteiger partial charge on any atom is 0.338 e. The lowest BCUT2D eigenvalue weighted by Gasteiger charge is -2.08.